The van der Waals surface area contributed by atoms with E-state index in [1.54, 1.807) is 0 Å². The Balaban J connectivity index is 1.60. The van der Waals surface area contributed by atoms with E-state index < -0.39 is 0 Å². The van der Waals surface area contributed by atoms with Crippen molar-refractivity contribution in [2.75, 3.05) is 29.9 Å². The van der Waals surface area contributed by atoms with Gasteiger partial charge in [0.1, 0.15) is 11.5 Å². The lowest BCUT2D eigenvalue weighted by Gasteiger charge is -2.27. The lowest BCUT2D eigenvalue weighted by molar-refractivity contribution is 0.247. The normalized spacial score (nSPS) is 16.4. The van der Waals surface area contributed by atoms with Crippen molar-refractivity contribution in [1.29, 1.82) is 0 Å². The molecule has 0 aliphatic carbocycles. The smallest absolute Gasteiger partial charge is 0.319 e. The number of furan rings is 1. The quantitative estimate of drug-likeness (QED) is 0.847. The van der Waals surface area contributed by atoms with Gasteiger partial charge in [0.05, 0.1) is 6.04 Å². The summed E-state index contributed by atoms with van der Waals surface area (Å²) < 4.78 is 5.57. The zero-order chi connectivity index (χ0) is 17.6. The summed E-state index contributed by atoms with van der Waals surface area (Å²) in [6.07, 6.45) is 0. The van der Waals surface area contributed by atoms with Crippen molar-refractivity contribution in [3.8, 4) is 0 Å². The van der Waals surface area contributed by atoms with Gasteiger partial charge < -0.3 is 15.1 Å². The molecule has 2 N–H and O–H groups in total. The van der Waals surface area contributed by atoms with Crippen LogP contribution in [0.2, 0.25) is 0 Å². The number of benzene rings is 1. The van der Waals surface area contributed by atoms with E-state index in [4.69, 9.17) is 4.42 Å². The predicted molar refractivity (Wildman–Crippen MR) is 103 cm³/mol. The molecule has 2 aromatic rings. The lowest BCUT2D eigenvalue weighted by Crippen LogP contribution is -2.33. The Morgan fingerprint density at radius 2 is 2.00 bits per heavy atom. The van der Waals surface area contributed by atoms with Crippen LogP contribution in [0.25, 0.3) is 0 Å². The van der Waals surface area contributed by atoms with Crippen molar-refractivity contribution in [1.82, 2.24) is 10.2 Å². The van der Waals surface area contributed by atoms with Crippen LogP contribution in [0, 0.1) is 6.92 Å². The highest BCUT2D eigenvalue weighted by Crippen LogP contribution is 2.20. The Labute approximate surface area is 153 Å². The maximum atomic E-state index is 12.4. The Hall–Kier alpha value is -1.92. The SMILES string of the molecule is Cc1ccc([C@H](C)NC(=O)Nc2ccccc2CN2CCSCC2)o1. The molecule has 1 aromatic heterocycles. The molecule has 0 saturated carbocycles. The number of amides is 2. The van der Waals surface area contributed by atoms with Crippen molar-refractivity contribution >= 4 is 23.5 Å². The topological polar surface area (TPSA) is 57.5 Å². The Morgan fingerprint density at radius 1 is 1.24 bits per heavy atom. The average molecular weight is 359 g/mol. The number of urea groups is 1. The standard InChI is InChI=1S/C19H25N3O2S/c1-14-7-8-18(24-14)15(2)20-19(23)21-17-6-4-3-5-16(17)13-22-9-11-25-12-10-22/h3-8,15H,9-13H2,1-2H3,(H2,20,21,23)/t15-/m0/s1. The van der Waals surface area contributed by atoms with E-state index in [-0.39, 0.29) is 12.1 Å². The average Bonchev–Trinajstić information content (AvgIpc) is 3.04. The molecule has 0 spiro atoms. The van der Waals surface area contributed by atoms with E-state index in [1.807, 2.05) is 55.9 Å². The molecule has 0 bridgehead atoms. The van der Waals surface area contributed by atoms with Gasteiger partial charge in [-0.15, -0.1) is 0 Å². The second-order valence-electron chi connectivity index (χ2n) is 6.31. The number of rotatable bonds is 5. The largest absolute Gasteiger partial charge is 0.464 e. The first-order valence-corrected chi connectivity index (χ1v) is 9.79. The van der Waals surface area contributed by atoms with E-state index in [2.05, 4.69) is 21.6 Å². The van der Waals surface area contributed by atoms with E-state index >= 15 is 0 Å². The Kier molecular flexibility index (Phi) is 6.04. The first kappa shape index (κ1) is 17.9. The number of nitrogens with zero attached hydrogens (tertiary/aromatic N) is 1. The molecule has 1 aliphatic heterocycles. The van der Waals surface area contributed by atoms with Crippen molar-refractivity contribution in [2.45, 2.75) is 26.4 Å². The molecule has 0 unspecified atom stereocenters. The fourth-order valence-electron chi connectivity index (χ4n) is 2.89. The maximum Gasteiger partial charge on any atom is 0.319 e. The predicted octanol–water partition coefficient (Wildman–Crippen LogP) is 4.02. The van der Waals surface area contributed by atoms with Crippen molar-refractivity contribution in [3.05, 3.63) is 53.5 Å². The van der Waals surface area contributed by atoms with Crippen LogP contribution in [-0.2, 0) is 6.54 Å². The number of carbonyl (C=O) groups is 1. The molecule has 2 heterocycles. The fourth-order valence-corrected chi connectivity index (χ4v) is 3.87. The first-order valence-electron chi connectivity index (χ1n) is 8.63. The Morgan fingerprint density at radius 3 is 2.72 bits per heavy atom. The summed E-state index contributed by atoms with van der Waals surface area (Å²) in [6, 6.07) is 11.4. The highest BCUT2D eigenvalue weighted by Gasteiger charge is 2.16. The van der Waals surface area contributed by atoms with Crippen LogP contribution in [0.4, 0.5) is 10.5 Å². The summed E-state index contributed by atoms with van der Waals surface area (Å²) >= 11 is 2.00. The molecule has 3 rings (SSSR count). The minimum atomic E-state index is -0.219. The number of hydrogen-bond donors (Lipinski definition) is 2. The van der Waals surface area contributed by atoms with Gasteiger partial charge in [-0.3, -0.25) is 4.90 Å². The summed E-state index contributed by atoms with van der Waals surface area (Å²) in [6.45, 7) is 6.87. The lowest BCUT2D eigenvalue weighted by atomic mass is 10.1. The minimum absolute atomic E-state index is 0.181. The van der Waals surface area contributed by atoms with Gasteiger partial charge >= 0.3 is 6.03 Å². The molecule has 0 radical (unpaired) electrons. The minimum Gasteiger partial charge on any atom is -0.464 e. The summed E-state index contributed by atoms with van der Waals surface area (Å²) in [5.41, 5.74) is 2.01. The summed E-state index contributed by atoms with van der Waals surface area (Å²) in [4.78, 5) is 14.8. The molecule has 1 aromatic carbocycles. The number of carbonyl (C=O) groups excluding carboxylic acids is 1. The molecule has 1 atom stereocenters. The van der Waals surface area contributed by atoms with E-state index in [0.29, 0.717) is 0 Å². The first-order chi connectivity index (χ1) is 12.1. The van der Waals surface area contributed by atoms with E-state index in [9.17, 15) is 4.79 Å². The second-order valence-corrected chi connectivity index (χ2v) is 7.54. The zero-order valence-electron chi connectivity index (χ0n) is 14.7. The Bertz CT molecular complexity index is 710. The van der Waals surface area contributed by atoms with Crippen LogP contribution in [-0.4, -0.2) is 35.5 Å². The number of thioether (sulfide) groups is 1. The maximum absolute atomic E-state index is 12.4. The van der Waals surface area contributed by atoms with Gasteiger partial charge in [0.25, 0.3) is 0 Å². The van der Waals surface area contributed by atoms with Gasteiger partial charge in [0.15, 0.2) is 0 Å². The van der Waals surface area contributed by atoms with Crippen molar-refractivity contribution in [2.24, 2.45) is 0 Å². The summed E-state index contributed by atoms with van der Waals surface area (Å²) in [7, 11) is 0. The van der Waals surface area contributed by atoms with E-state index in [1.165, 1.54) is 11.5 Å². The van der Waals surface area contributed by atoms with Gasteiger partial charge in [0, 0.05) is 36.8 Å². The van der Waals surface area contributed by atoms with Gasteiger partial charge in [0.2, 0.25) is 0 Å². The highest BCUT2D eigenvalue weighted by atomic mass is 32.2. The summed E-state index contributed by atoms with van der Waals surface area (Å²) in [5.74, 6) is 3.95. The monoisotopic (exact) mass is 359 g/mol. The van der Waals surface area contributed by atoms with Gasteiger partial charge in [-0.05, 0) is 37.6 Å². The van der Waals surface area contributed by atoms with Gasteiger partial charge in [-0.2, -0.15) is 11.8 Å². The number of hydrogen-bond acceptors (Lipinski definition) is 4. The van der Waals surface area contributed by atoms with Gasteiger partial charge in [-0.25, -0.2) is 4.79 Å². The van der Waals surface area contributed by atoms with Crippen LogP contribution in [0.5, 0.6) is 0 Å². The van der Waals surface area contributed by atoms with Crippen LogP contribution >= 0.6 is 11.8 Å². The van der Waals surface area contributed by atoms with Crippen molar-refractivity contribution < 1.29 is 9.21 Å². The molecule has 134 valence electrons. The second kappa shape index (κ2) is 8.45. The van der Waals surface area contributed by atoms with Crippen LogP contribution in [0.1, 0.15) is 30.0 Å². The number of nitrogens with one attached hydrogen (secondary N) is 2. The molecule has 1 aliphatic rings. The van der Waals surface area contributed by atoms with Gasteiger partial charge in [-0.1, -0.05) is 18.2 Å². The molecular weight excluding hydrogens is 334 g/mol. The molecular formula is C19H25N3O2S. The van der Waals surface area contributed by atoms with Crippen molar-refractivity contribution in [3.63, 3.8) is 0 Å². The number of para-hydroxylation sites is 1. The van der Waals surface area contributed by atoms with Crippen LogP contribution in [0.15, 0.2) is 40.8 Å². The highest BCUT2D eigenvalue weighted by molar-refractivity contribution is 7.99. The molecule has 1 saturated heterocycles. The zero-order valence-corrected chi connectivity index (χ0v) is 15.6. The molecule has 1 fully saturated rings. The van der Waals surface area contributed by atoms with E-state index in [0.717, 1.165) is 42.4 Å². The molecule has 25 heavy (non-hydrogen) atoms. The molecule has 2 amide bonds. The fraction of sp³-hybridized carbons (Fsp3) is 0.421. The third kappa shape index (κ3) is 5.03. The van der Waals surface area contributed by atoms with Crippen LogP contribution < -0.4 is 10.6 Å². The molecule has 5 nitrogen and oxygen atoms in total. The number of anilines is 1. The summed E-state index contributed by atoms with van der Waals surface area (Å²) in [5, 5.41) is 5.91. The van der Waals surface area contributed by atoms with Crippen LogP contribution in [0.3, 0.4) is 0 Å². The third-order valence-electron chi connectivity index (χ3n) is 4.30. The third-order valence-corrected chi connectivity index (χ3v) is 5.24. The number of aryl methyl sites for hydroxylation is 1. The molecule has 6 heteroatoms.